The van der Waals surface area contributed by atoms with Gasteiger partial charge >= 0.3 is 0 Å². The van der Waals surface area contributed by atoms with Crippen LogP contribution >= 0.6 is 0 Å². The van der Waals surface area contributed by atoms with Gasteiger partial charge in [-0.05, 0) is 44.0 Å². The van der Waals surface area contributed by atoms with Gasteiger partial charge in [-0.1, -0.05) is 19.3 Å². The first-order valence-electron chi connectivity index (χ1n) is 6.81. The summed E-state index contributed by atoms with van der Waals surface area (Å²) in [5.41, 5.74) is 0.674. The molecule has 0 atom stereocenters. The summed E-state index contributed by atoms with van der Waals surface area (Å²) in [6, 6.07) is 4.14. The molecule has 2 rings (SSSR count). The molecule has 1 aromatic rings. The van der Waals surface area contributed by atoms with Crippen molar-refractivity contribution in [2.24, 2.45) is 5.92 Å². The van der Waals surface area contributed by atoms with E-state index in [1.54, 1.807) is 0 Å². The van der Waals surface area contributed by atoms with Gasteiger partial charge in [0.1, 0.15) is 11.6 Å². The van der Waals surface area contributed by atoms with E-state index in [-0.39, 0.29) is 11.6 Å². The molecule has 18 heavy (non-hydrogen) atoms. The molecule has 0 amide bonds. The third-order valence-electron chi connectivity index (χ3n) is 3.78. The van der Waals surface area contributed by atoms with Crippen molar-refractivity contribution in [1.29, 1.82) is 0 Å². The minimum Gasteiger partial charge on any atom is -0.508 e. The van der Waals surface area contributed by atoms with Crippen LogP contribution in [0.25, 0.3) is 0 Å². The summed E-state index contributed by atoms with van der Waals surface area (Å²) in [5.74, 6) is 0.667. The Hall–Kier alpha value is -1.09. The molecule has 0 aliphatic heterocycles. The highest BCUT2D eigenvalue weighted by molar-refractivity contribution is 5.32. The summed E-state index contributed by atoms with van der Waals surface area (Å²) >= 11 is 0. The molecule has 100 valence electrons. The predicted octanol–water partition coefficient (Wildman–Crippen LogP) is 3.54. The van der Waals surface area contributed by atoms with E-state index in [2.05, 4.69) is 4.90 Å². The minimum atomic E-state index is -0.283. The lowest BCUT2D eigenvalue weighted by Gasteiger charge is -2.27. The standard InChI is InChI=1S/C15H22FNO/c1-17(10-12-5-3-2-4-6-12)11-13-9-14(16)7-8-15(13)18/h7-9,12,18H,2-6,10-11H2,1H3. The molecule has 1 aromatic carbocycles. The van der Waals surface area contributed by atoms with Crippen LogP contribution in [-0.2, 0) is 6.54 Å². The van der Waals surface area contributed by atoms with Crippen LogP contribution in [0, 0.1) is 11.7 Å². The van der Waals surface area contributed by atoms with Crippen molar-refractivity contribution in [3.05, 3.63) is 29.6 Å². The maximum Gasteiger partial charge on any atom is 0.123 e. The van der Waals surface area contributed by atoms with Crippen LogP contribution in [0.2, 0.25) is 0 Å². The second-order valence-electron chi connectivity index (χ2n) is 5.47. The minimum absolute atomic E-state index is 0.187. The molecule has 0 aromatic heterocycles. The lowest BCUT2D eigenvalue weighted by Crippen LogP contribution is -2.26. The first-order valence-corrected chi connectivity index (χ1v) is 6.81. The van der Waals surface area contributed by atoms with Crippen molar-refractivity contribution in [2.75, 3.05) is 13.6 Å². The smallest absolute Gasteiger partial charge is 0.123 e. The van der Waals surface area contributed by atoms with Crippen LogP contribution in [0.4, 0.5) is 4.39 Å². The van der Waals surface area contributed by atoms with Crippen molar-refractivity contribution in [2.45, 2.75) is 38.6 Å². The first-order chi connectivity index (χ1) is 8.65. The van der Waals surface area contributed by atoms with Gasteiger partial charge in [0.15, 0.2) is 0 Å². The Labute approximate surface area is 108 Å². The van der Waals surface area contributed by atoms with Gasteiger partial charge in [-0.15, -0.1) is 0 Å². The van der Waals surface area contributed by atoms with Crippen molar-refractivity contribution < 1.29 is 9.50 Å². The normalized spacial score (nSPS) is 17.3. The van der Waals surface area contributed by atoms with Gasteiger partial charge in [-0.3, -0.25) is 0 Å². The molecule has 0 spiro atoms. The molecule has 3 heteroatoms. The number of halogens is 1. The lowest BCUT2D eigenvalue weighted by molar-refractivity contribution is 0.226. The predicted molar refractivity (Wildman–Crippen MR) is 71.0 cm³/mol. The van der Waals surface area contributed by atoms with Gasteiger partial charge in [0, 0.05) is 18.7 Å². The van der Waals surface area contributed by atoms with Gasteiger partial charge in [0.25, 0.3) is 0 Å². The van der Waals surface area contributed by atoms with Crippen LogP contribution in [0.5, 0.6) is 5.75 Å². The first kappa shape index (κ1) is 13.3. The molecule has 1 fully saturated rings. The van der Waals surface area contributed by atoms with E-state index >= 15 is 0 Å². The summed E-state index contributed by atoms with van der Waals surface area (Å²) in [4.78, 5) is 2.18. The number of rotatable bonds is 4. The van der Waals surface area contributed by atoms with E-state index in [1.165, 1.54) is 50.3 Å². The fourth-order valence-corrected chi connectivity index (χ4v) is 2.85. The number of phenolic OH excluding ortho intramolecular Hbond substituents is 1. The Kier molecular flexibility index (Phi) is 4.59. The fraction of sp³-hybridized carbons (Fsp3) is 0.600. The second-order valence-corrected chi connectivity index (χ2v) is 5.47. The number of hydrogen-bond donors (Lipinski definition) is 1. The molecule has 1 N–H and O–H groups in total. The van der Waals surface area contributed by atoms with Crippen LogP contribution < -0.4 is 0 Å². The Morgan fingerprint density at radius 1 is 1.28 bits per heavy atom. The number of nitrogens with zero attached hydrogens (tertiary/aromatic N) is 1. The van der Waals surface area contributed by atoms with Gasteiger partial charge < -0.3 is 10.0 Å². The zero-order valence-electron chi connectivity index (χ0n) is 11.0. The highest BCUT2D eigenvalue weighted by atomic mass is 19.1. The SMILES string of the molecule is CN(Cc1cc(F)ccc1O)CC1CCCCC1. The Bertz CT molecular complexity index is 388. The van der Waals surface area contributed by atoms with E-state index in [9.17, 15) is 9.50 Å². The Morgan fingerprint density at radius 3 is 2.72 bits per heavy atom. The third-order valence-corrected chi connectivity index (χ3v) is 3.78. The zero-order valence-corrected chi connectivity index (χ0v) is 11.0. The monoisotopic (exact) mass is 251 g/mol. The molecule has 1 aliphatic carbocycles. The molecule has 2 nitrogen and oxygen atoms in total. The molecule has 0 bridgehead atoms. The van der Waals surface area contributed by atoms with Gasteiger partial charge in [-0.25, -0.2) is 4.39 Å². The van der Waals surface area contributed by atoms with E-state index < -0.39 is 0 Å². The van der Waals surface area contributed by atoms with E-state index in [0.29, 0.717) is 12.1 Å². The highest BCUT2D eigenvalue weighted by Crippen LogP contribution is 2.25. The average Bonchev–Trinajstić information content (AvgIpc) is 2.35. The average molecular weight is 251 g/mol. The summed E-state index contributed by atoms with van der Waals surface area (Å²) in [6.45, 7) is 1.65. The molecule has 0 saturated heterocycles. The van der Waals surface area contributed by atoms with Gasteiger partial charge in [-0.2, -0.15) is 0 Å². The molecule has 1 saturated carbocycles. The number of hydrogen-bond acceptors (Lipinski definition) is 2. The fourth-order valence-electron chi connectivity index (χ4n) is 2.85. The highest BCUT2D eigenvalue weighted by Gasteiger charge is 2.16. The number of phenols is 1. The molecule has 0 heterocycles. The number of aromatic hydroxyl groups is 1. The summed E-state index contributed by atoms with van der Waals surface area (Å²) in [5, 5.41) is 9.70. The molecular weight excluding hydrogens is 229 g/mol. The Morgan fingerprint density at radius 2 is 2.00 bits per heavy atom. The quantitative estimate of drug-likeness (QED) is 0.884. The van der Waals surface area contributed by atoms with Gasteiger partial charge in [0.05, 0.1) is 0 Å². The van der Waals surface area contributed by atoms with Crippen molar-refractivity contribution in [1.82, 2.24) is 4.90 Å². The summed E-state index contributed by atoms with van der Waals surface area (Å²) < 4.78 is 13.1. The van der Waals surface area contributed by atoms with E-state index in [4.69, 9.17) is 0 Å². The Balaban J connectivity index is 1.89. The van der Waals surface area contributed by atoms with E-state index in [1.807, 2.05) is 7.05 Å². The second kappa shape index (κ2) is 6.19. The van der Waals surface area contributed by atoms with Crippen molar-refractivity contribution in [3.8, 4) is 5.75 Å². The largest absolute Gasteiger partial charge is 0.508 e. The number of benzene rings is 1. The topological polar surface area (TPSA) is 23.5 Å². The summed E-state index contributed by atoms with van der Waals surface area (Å²) in [6.07, 6.45) is 6.65. The van der Waals surface area contributed by atoms with Crippen LogP contribution in [0.1, 0.15) is 37.7 Å². The van der Waals surface area contributed by atoms with Gasteiger partial charge in [0.2, 0.25) is 0 Å². The molecule has 1 aliphatic rings. The zero-order chi connectivity index (χ0) is 13.0. The molecule has 0 unspecified atom stereocenters. The van der Waals surface area contributed by atoms with E-state index in [0.717, 1.165) is 12.5 Å². The van der Waals surface area contributed by atoms with Crippen molar-refractivity contribution >= 4 is 0 Å². The lowest BCUT2D eigenvalue weighted by atomic mass is 9.89. The third kappa shape index (κ3) is 3.70. The maximum absolute atomic E-state index is 13.1. The van der Waals surface area contributed by atoms with Crippen LogP contribution in [0.3, 0.4) is 0 Å². The van der Waals surface area contributed by atoms with Crippen LogP contribution in [-0.4, -0.2) is 23.6 Å². The molecule has 0 radical (unpaired) electrons. The maximum atomic E-state index is 13.1. The molecular formula is C15H22FNO. The van der Waals surface area contributed by atoms with Crippen LogP contribution in [0.15, 0.2) is 18.2 Å². The van der Waals surface area contributed by atoms with Crippen molar-refractivity contribution in [3.63, 3.8) is 0 Å². The summed E-state index contributed by atoms with van der Waals surface area (Å²) in [7, 11) is 2.04.